The maximum atomic E-state index is 5.89. The van der Waals surface area contributed by atoms with E-state index in [1.165, 1.54) is 0 Å². The van der Waals surface area contributed by atoms with E-state index < -0.39 is 8.56 Å². The molecule has 20 heavy (non-hydrogen) atoms. The molecule has 5 heteroatoms. The third-order valence-corrected chi connectivity index (χ3v) is 5.06. The van der Waals surface area contributed by atoms with Crippen LogP contribution < -0.4 is 0 Å². The van der Waals surface area contributed by atoms with E-state index in [0.717, 1.165) is 5.56 Å². The van der Waals surface area contributed by atoms with Crippen LogP contribution >= 0.6 is 0 Å². The predicted molar refractivity (Wildman–Crippen MR) is 82.8 cm³/mol. The van der Waals surface area contributed by atoms with Crippen molar-refractivity contribution in [3.8, 4) is 0 Å². The molecule has 4 nitrogen and oxygen atoms in total. The Morgan fingerprint density at radius 3 is 1.95 bits per heavy atom. The molecular weight excluding hydrogens is 272 g/mol. The minimum atomic E-state index is -2.35. The molecule has 0 bridgehead atoms. The summed E-state index contributed by atoms with van der Waals surface area (Å²) < 4.78 is 21.8. The van der Waals surface area contributed by atoms with Gasteiger partial charge >= 0.3 is 8.56 Å². The second kappa shape index (κ2) is 9.85. The Kier molecular flexibility index (Phi) is 8.40. The van der Waals surface area contributed by atoms with Crippen molar-refractivity contribution in [1.82, 2.24) is 0 Å². The molecule has 0 aliphatic rings. The monoisotopic (exact) mass is 296 g/mol. The van der Waals surface area contributed by atoms with Gasteiger partial charge < -0.3 is 18.3 Å². The molecule has 0 heterocycles. The number of methoxy groups -OCH3 is 2. The highest BCUT2D eigenvalue weighted by Crippen LogP contribution is 2.12. The summed E-state index contributed by atoms with van der Waals surface area (Å²) >= 11 is 0. The molecule has 1 rings (SSSR count). The van der Waals surface area contributed by atoms with Gasteiger partial charge in [-0.05, 0) is 17.8 Å². The average Bonchev–Trinajstić information content (AvgIpc) is 2.47. The van der Waals surface area contributed by atoms with Gasteiger partial charge in [0.1, 0.15) is 0 Å². The van der Waals surface area contributed by atoms with Crippen LogP contribution in [0.25, 0.3) is 6.08 Å². The molecule has 0 atom stereocenters. The number of hydrogen-bond acceptors (Lipinski definition) is 4. The first-order valence-electron chi connectivity index (χ1n) is 6.70. The molecular formula is C15H24O4Si. The molecule has 112 valence electrons. The van der Waals surface area contributed by atoms with Crippen molar-refractivity contribution < 1.29 is 18.3 Å². The van der Waals surface area contributed by atoms with Crippen molar-refractivity contribution in [1.29, 1.82) is 0 Å². The van der Waals surface area contributed by atoms with Gasteiger partial charge in [-0.25, -0.2) is 0 Å². The van der Waals surface area contributed by atoms with Crippen LogP contribution in [0.1, 0.15) is 5.56 Å². The van der Waals surface area contributed by atoms with Crippen LogP contribution in [-0.4, -0.2) is 49.2 Å². The van der Waals surface area contributed by atoms with Crippen LogP contribution in [0.3, 0.4) is 0 Å². The third-order valence-electron chi connectivity index (χ3n) is 2.73. The molecule has 0 aliphatic carbocycles. The zero-order chi connectivity index (χ0) is 14.7. The molecule has 0 radical (unpaired) electrons. The summed E-state index contributed by atoms with van der Waals surface area (Å²) in [6.07, 6.45) is 2.05. The number of hydrogen-bond donors (Lipinski definition) is 0. The summed E-state index contributed by atoms with van der Waals surface area (Å²) in [6.45, 7) is 4.22. The zero-order valence-corrected chi connectivity index (χ0v) is 13.5. The second-order valence-electron chi connectivity index (χ2n) is 4.44. The van der Waals surface area contributed by atoms with Gasteiger partial charge in [0.2, 0.25) is 0 Å². The maximum Gasteiger partial charge on any atom is 0.362 e. The lowest BCUT2D eigenvalue weighted by atomic mass is 10.2. The normalized spacial score (nSPS) is 12.2. The average molecular weight is 296 g/mol. The highest BCUT2D eigenvalue weighted by atomic mass is 28.4. The molecule has 0 spiro atoms. The van der Waals surface area contributed by atoms with E-state index in [2.05, 4.69) is 12.1 Å². The number of ether oxygens (including phenoxy) is 2. The Morgan fingerprint density at radius 1 is 0.900 bits per heavy atom. The Bertz CT molecular complexity index is 371. The van der Waals surface area contributed by atoms with E-state index >= 15 is 0 Å². The van der Waals surface area contributed by atoms with Gasteiger partial charge in [-0.1, -0.05) is 36.4 Å². The molecule has 1 aromatic carbocycles. The molecule has 1 aromatic rings. The van der Waals surface area contributed by atoms with E-state index in [0.29, 0.717) is 26.4 Å². The summed E-state index contributed by atoms with van der Waals surface area (Å²) in [6, 6.07) is 10.1. The van der Waals surface area contributed by atoms with Crippen molar-refractivity contribution in [3.05, 3.63) is 41.6 Å². The van der Waals surface area contributed by atoms with Crippen LogP contribution in [0.5, 0.6) is 0 Å². The summed E-state index contributed by atoms with van der Waals surface area (Å²) in [5.74, 6) is 0. The van der Waals surface area contributed by atoms with Crippen molar-refractivity contribution >= 4 is 14.6 Å². The third kappa shape index (κ3) is 6.98. The van der Waals surface area contributed by atoms with Crippen LogP contribution in [0, 0.1) is 0 Å². The van der Waals surface area contributed by atoms with E-state index in [1.807, 2.05) is 36.5 Å². The van der Waals surface area contributed by atoms with Gasteiger partial charge in [0.05, 0.1) is 26.4 Å². The SMILES string of the molecule is COCCO[Si](C)(C=Cc1ccccc1)OCCOC. The van der Waals surface area contributed by atoms with Gasteiger partial charge in [0, 0.05) is 14.2 Å². The molecule has 0 amide bonds. The Balaban J connectivity index is 2.62. The largest absolute Gasteiger partial charge is 0.389 e. The second-order valence-corrected chi connectivity index (χ2v) is 7.39. The van der Waals surface area contributed by atoms with E-state index in [-0.39, 0.29) is 0 Å². The first-order valence-corrected chi connectivity index (χ1v) is 9.09. The summed E-state index contributed by atoms with van der Waals surface area (Å²) in [4.78, 5) is 0. The first kappa shape index (κ1) is 17.1. The molecule has 0 aromatic heterocycles. The smallest absolute Gasteiger partial charge is 0.362 e. The quantitative estimate of drug-likeness (QED) is 0.491. The van der Waals surface area contributed by atoms with Crippen molar-refractivity contribution in [2.75, 3.05) is 40.6 Å². The molecule has 0 aliphatic heterocycles. The Labute approximate surface area is 122 Å². The van der Waals surface area contributed by atoms with Gasteiger partial charge in [-0.15, -0.1) is 0 Å². The van der Waals surface area contributed by atoms with Crippen molar-refractivity contribution in [3.63, 3.8) is 0 Å². The molecule has 0 fully saturated rings. The highest BCUT2D eigenvalue weighted by Gasteiger charge is 2.28. The summed E-state index contributed by atoms with van der Waals surface area (Å²) in [5, 5.41) is 0. The van der Waals surface area contributed by atoms with Crippen LogP contribution in [0.15, 0.2) is 36.0 Å². The fourth-order valence-electron chi connectivity index (χ4n) is 1.60. The fraction of sp³-hybridized carbons (Fsp3) is 0.467. The fourth-order valence-corrected chi connectivity index (χ4v) is 3.35. The Hall–Kier alpha value is -0.983. The predicted octanol–water partition coefficient (Wildman–Crippen LogP) is 2.64. The zero-order valence-electron chi connectivity index (χ0n) is 12.5. The summed E-state index contributed by atoms with van der Waals surface area (Å²) in [5.41, 5.74) is 3.19. The molecule has 0 saturated heterocycles. The minimum Gasteiger partial charge on any atom is -0.389 e. The first-order chi connectivity index (χ1) is 9.70. The molecule has 0 unspecified atom stereocenters. The lowest BCUT2D eigenvalue weighted by Crippen LogP contribution is -2.39. The lowest BCUT2D eigenvalue weighted by Gasteiger charge is -2.23. The minimum absolute atomic E-state index is 0.533. The molecule has 0 N–H and O–H groups in total. The standard InChI is InChI=1S/C15H24O4Si/c1-16-10-12-18-20(3,19-13-11-17-2)14-9-15-7-5-4-6-8-15/h4-9,14H,10-13H2,1-3H3. The number of benzene rings is 1. The van der Waals surface area contributed by atoms with E-state index in [9.17, 15) is 0 Å². The summed E-state index contributed by atoms with van der Waals surface area (Å²) in [7, 11) is 0.974. The lowest BCUT2D eigenvalue weighted by molar-refractivity contribution is 0.0937. The molecule has 0 saturated carbocycles. The van der Waals surface area contributed by atoms with Gasteiger partial charge in [0.15, 0.2) is 0 Å². The van der Waals surface area contributed by atoms with Gasteiger partial charge in [0.25, 0.3) is 0 Å². The topological polar surface area (TPSA) is 36.9 Å². The van der Waals surface area contributed by atoms with Gasteiger partial charge in [-0.3, -0.25) is 0 Å². The van der Waals surface area contributed by atoms with Crippen LogP contribution in [-0.2, 0) is 18.3 Å². The van der Waals surface area contributed by atoms with E-state index in [4.69, 9.17) is 18.3 Å². The van der Waals surface area contributed by atoms with Crippen molar-refractivity contribution in [2.45, 2.75) is 6.55 Å². The Morgan fingerprint density at radius 2 is 1.45 bits per heavy atom. The highest BCUT2D eigenvalue weighted by molar-refractivity contribution is 6.72. The van der Waals surface area contributed by atoms with Crippen molar-refractivity contribution in [2.24, 2.45) is 0 Å². The van der Waals surface area contributed by atoms with Crippen LogP contribution in [0.4, 0.5) is 0 Å². The number of rotatable bonds is 10. The maximum absolute atomic E-state index is 5.89. The van der Waals surface area contributed by atoms with Crippen LogP contribution in [0.2, 0.25) is 6.55 Å². The van der Waals surface area contributed by atoms with E-state index in [1.54, 1.807) is 14.2 Å². The van der Waals surface area contributed by atoms with Gasteiger partial charge in [-0.2, -0.15) is 0 Å².